The van der Waals surface area contributed by atoms with Gasteiger partial charge in [-0.2, -0.15) is 0 Å². The Morgan fingerprint density at radius 2 is 2.27 bits per heavy atom. The highest BCUT2D eigenvalue weighted by molar-refractivity contribution is 7.99. The van der Waals surface area contributed by atoms with Crippen LogP contribution in [0.25, 0.3) is 0 Å². The molecule has 0 N–H and O–H groups in total. The van der Waals surface area contributed by atoms with Crippen LogP contribution < -0.4 is 0 Å². The smallest absolute Gasteiger partial charge is 0.233 e. The van der Waals surface area contributed by atoms with Crippen LogP contribution in [-0.4, -0.2) is 42.8 Å². The molecule has 2 saturated carbocycles. The van der Waals surface area contributed by atoms with Crippen molar-refractivity contribution in [1.82, 2.24) is 25.1 Å². The SMILES string of the molecule is O=C(CSc1nnnn1C1CC1)N(Cc1cccs1)C1CC1. The normalized spacial score (nSPS) is 17.6. The summed E-state index contributed by atoms with van der Waals surface area (Å²) in [5.74, 6) is 0.598. The molecule has 1 amide bonds. The molecule has 2 aromatic heterocycles. The van der Waals surface area contributed by atoms with Gasteiger partial charge in [0.2, 0.25) is 11.1 Å². The molecule has 2 fully saturated rings. The third kappa shape index (κ3) is 3.17. The van der Waals surface area contributed by atoms with Crippen molar-refractivity contribution in [1.29, 1.82) is 0 Å². The van der Waals surface area contributed by atoms with Gasteiger partial charge < -0.3 is 4.90 Å². The van der Waals surface area contributed by atoms with Crippen LogP contribution in [0.5, 0.6) is 0 Å². The average molecular weight is 335 g/mol. The van der Waals surface area contributed by atoms with Crippen LogP contribution in [0.15, 0.2) is 22.7 Å². The summed E-state index contributed by atoms with van der Waals surface area (Å²) in [6.07, 6.45) is 4.53. The first kappa shape index (κ1) is 14.2. The molecule has 2 aromatic rings. The number of amides is 1. The van der Waals surface area contributed by atoms with Crippen LogP contribution in [0.4, 0.5) is 0 Å². The lowest BCUT2D eigenvalue weighted by molar-refractivity contribution is -0.129. The Balaban J connectivity index is 1.38. The molecule has 0 bridgehead atoms. The molecule has 22 heavy (non-hydrogen) atoms. The predicted octanol–water partition coefficient (Wildman–Crippen LogP) is 2.35. The van der Waals surface area contributed by atoms with E-state index >= 15 is 0 Å². The molecule has 0 spiro atoms. The predicted molar refractivity (Wildman–Crippen MR) is 84.7 cm³/mol. The number of aromatic nitrogens is 4. The van der Waals surface area contributed by atoms with Gasteiger partial charge in [0, 0.05) is 10.9 Å². The maximum Gasteiger partial charge on any atom is 0.233 e. The lowest BCUT2D eigenvalue weighted by atomic mass is 10.4. The Hall–Kier alpha value is -1.41. The van der Waals surface area contributed by atoms with Crippen molar-refractivity contribution in [3.63, 3.8) is 0 Å². The van der Waals surface area contributed by atoms with Crippen molar-refractivity contribution in [3.05, 3.63) is 22.4 Å². The Morgan fingerprint density at radius 3 is 2.95 bits per heavy atom. The fourth-order valence-corrected chi connectivity index (χ4v) is 3.95. The molecule has 0 unspecified atom stereocenters. The van der Waals surface area contributed by atoms with Gasteiger partial charge in [-0.1, -0.05) is 17.8 Å². The molecular formula is C14H17N5OS2. The first-order chi connectivity index (χ1) is 10.8. The molecule has 8 heteroatoms. The van der Waals surface area contributed by atoms with Crippen LogP contribution in [-0.2, 0) is 11.3 Å². The second-order valence-corrected chi connectivity index (χ2v) is 7.73. The van der Waals surface area contributed by atoms with Gasteiger partial charge in [0.1, 0.15) is 0 Å². The molecule has 6 nitrogen and oxygen atoms in total. The van der Waals surface area contributed by atoms with Gasteiger partial charge in [0.25, 0.3) is 0 Å². The monoisotopic (exact) mass is 335 g/mol. The number of carbonyl (C=O) groups excluding carboxylic acids is 1. The molecule has 2 heterocycles. The van der Waals surface area contributed by atoms with E-state index in [9.17, 15) is 4.79 Å². The lowest BCUT2D eigenvalue weighted by Gasteiger charge is -2.21. The van der Waals surface area contributed by atoms with Crippen molar-refractivity contribution in [2.75, 3.05) is 5.75 Å². The zero-order chi connectivity index (χ0) is 14.9. The Morgan fingerprint density at radius 1 is 1.41 bits per heavy atom. The van der Waals surface area contributed by atoms with E-state index in [1.807, 2.05) is 15.6 Å². The van der Waals surface area contributed by atoms with Crippen molar-refractivity contribution in [2.45, 2.75) is 49.5 Å². The minimum Gasteiger partial charge on any atom is -0.334 e. The highest BCUT2D eigenvalue weighted by Gasteiger charge is 2.33. The van der Waals surface area contributed by atoms with E-state index in [4.69, 9.17) is 0 Å². The molecule has 2 aliphatic rings. The van der Waals surface area contributed by atoms with Crippen molar-refractivity contribution < 1.29 is 4.79 Å². The Kier molecular flexibility index (Phi) is 3.87. The van der Waals surface area contributed by atoms with Crippen molar-refractivity contribution >= 4 is 29.0 Å². The number of nitrogens with zero attached hydrogens (tertiary/aromatic N) is 5. The highest BCUT2D eigenvalue weighted by atomic mass is 32.2. The third-order valence-corrected chi connectivity index (χ3v) is 5.67. The van der Waals surface area contributed by atoms with E-state index in [0.29, 0.717) is 17.8 Å². The summed E-state index contributed by atoms with van der Waals surface area (Å²) in [6.45, 7) is 0.731. The maximum absolute atomic E-state index is 12.6. The number of thiophene rings is 1. The lowest BCUT2D eigenvalue weighted by Crippen LogP contribution is -2.33. The first-order valence-corrected chi connectivity index (χ1v) is 9.40. The number of rotatable bonds is 7. The molecule has 0 aliphatic heterocycles. The Labute approximate surface area is 136 Å². The quantitative estimate of drug-likeness (QED) is 0.727. The highest BCUT2D eigenvalue weighted by Crippen LogP contribution is 2.36. The summed E-state index contributed by atoms with van der Waals surface area (Å²) in [7, 11) is 0. The summed E-state index contributed by atoms with van der Waals surface area (Å²) in [6, 6.07) is 5.00. The topological polar surface area (TPSA) is 63.9 Å². The number of hydrogen-bond donors (Lipinski definition) is 0. The standard InChI is InChI=1S/C14H17N5OS2/c20-13(9-22-14-15-16-17-19(14)11-5-6-11)18(10-3-4-10)8-12-2-1-7-21-12/h1-2,7,10-11H,3-6,8-9H2. The molecule has 4 rings (SSSR count). The average Bonchev–Trinajstić information content (AvgIpc) is 3.45. The minimum absolute atomic E-state index is 0.186. The zero-order valence-corrected chi connectivity index (χ0v) is 13.7. The molecule has 0 radical (unpaired) electrons. The van der Waals surface area contributed by atoms with Crippen molar-refractivity contribution in [3.8, 4) is 0 Å². The molecular weight excluding hydrogens is 318 g/mol. The minimum atomic E-state index is 0.186. The van der Waals surface area contributed by atoms with Gasteiger partial charge >= 0.3 is 0 Å². The summed E-state index contributed by atoms with van der Waals surface area (Å²) < 4.78 is 1.86. The van der Waals surface area contributed by atoms with E-state index in [-0.39, 0.29) is 5.91 Å². The van der Waals surface area contributed by atoms with Crippen LogP contribution >= 0.6 is 23.1 Å². The van der Waals surface area contributed by atoms with E-state index in [2.05, 4.69) is 27.0 Å². The van der Waals surface area contributed by atoms with Crippen LogP contribution in [0.2, 0.25) is 0 Å². The second-order valence-electron chi connectivity index (χ2n) is 5.76. The maximum atomic E-state index is 12.6. The number of tetrazole rings is 1. The summed E-state index contributed by atoms with van der Waals surface area (Å²) in [5, 5.41) is 14.6. The molecule has 2 aliphatic carbocycles. The number of thioether (sulfide) groups is 1. The van der Waals surface area contributed by atoms with Gasteiger partial charge in [-0.05, 0) is 47.6 Å². The largest absolute Gasteiger partial charge is 0.334 e. The first-order valence-electron chi connectivity index (χ1n) is 7.54. The van der Waals surface area contributed by atoms with E-state index < -0.39 is 0 Å². The van der Waals surface area contributed by atoms with Gasteiger partial charge in [0.15, 0.2) is 0 Å². The summed E-state index contributed by atoms with van der Waals surface area (Å²) in [5.41, 5.74) is 0. The molecule has 0 saturated heterocycles. The number of carbonyl (C=O) groups is 1. The van der Waals surface area contributed by atoms with E-state index in [1.54, 1.807) is 11.3 Å². The molecule has 0 atom stereocenters. The third-order valence-electron chi connectivity index (χ3n) is 3.89. The fourth-order valence-electron chi connectivity index (χ4n) is 2.42. The summed E-state index contributed by atoms with van der Waals surface area (Å²) >= 11 is 3.16. The molecule has 116 valence electrons. The second kappa shape index (κ2) is 6.00. The van der Waals surface area contributed by atoms with Gasteiger partial charge in [-0.15, -0.1) is 16.4 Å². The fraction of sp³-hybridized carbons (Fsp3) is 0.571. The zero-order valence-electron chi connectivity index (χ0n) is 12.1. The van der Waals surface area contributed by atoms with Gasteiger partial charge in [-0.3, -0.25) is 4.79 Å². The van der Waals surface area contributed by atoms with Crippen molar-refractivity contribution in [2.24, 2.45) is 0 Å². The Bertz CT molecular complexity index is 648. The molecule has 0 aromatic carbocycles. The van der Waals surface area contributed by atoms with Crippen LogP contribution in [0.1, 0.15) is 36.6 Å². The van der Waals surface area contributed by atoms with E-state index in [1.165, 1.54) is 16.6 Å². The van der Waals surface area contributed by atoms with Gasteiger partial charge in [0.05, 0.1) is 18.3 Å². The van der Waals surface area contributed by atoms with E-state index in [0.717, 1.165) is 37.4 Å². The van der Waals surface area contributed by atoms with Crippen LogP contribution in [0, 0.1) is 0 Å². The van der Waals surface area contributed by atoms with Gasteiger partial charge in [-0.25, -0.2) is 4.68 Å². The summed E-state index contributed by atoms with van der Waals surface area (Å²) in [4.78, 5) is 15.8. The number of hydrogen-bond acceptors (Lipinski definition) is 6. The van der Waals surface area contributed by atoms with Crippen LogP contribution in [0.3, 0.4) is 0 Å².